The van der Waals surface area contributed by atoms with Crippen molar-refractivity contribution < 1.29 is 14.7 Å². The lowest BCUT2D eigenvalue weighted by molar-refractivity contribution is -0.140. The molecular weight excluding hydrogens is 516 g/mol. The summed E-state index contributed by atoms with van der Waals surface area (Å²) in [5.74, 6) is -1.28. The number of aryl methyl sites for hydroxylation is 1. The molecule has 0 aromatic heterocycles. The smallest absolute Gasteiger partial charge is 0.295 e. The Balaban J connectivity index is 1.91. The van der Waals surface area contributed by atoms with Gasteiger partial charge in [-0.05, 0) is 68.6 Å². The van der Waals surface area contributed by atoms with Crippen molar-refractivity contribution in [2.24, 2.45) is 0 Å². The van der Waals surface area contributed by atoms with Crippen LogP contribution in [0.25, 0.3) is 5.76 Å². The van der Waals surface area contributed by atoms with E-state index in [1.165, 1.54) is 5.56 Å². The summed E-state index contributed by atoms with van der Waals surface area (Å²) in [6.45, 7) is 9.96. The number of aliphatic hydroxyl groups is 1. The first-order valence-corrected chi connectivity index (χ1v) is 14.1. The fraction of sp³-hybridized carbons (Fsp3) is 0.467. The normalized spacial score (nSPS) is 17.4. The average molecular weight is 556 g/mol. The third-order valence-corrected chi connectivity index (χ3v) is 7.42. The van der Waals surface area contributed by atoms with Crippen LogP contribution in [0.3, 0.4) is 0 Å². The van der Waals surface area contributed by atoms with Gasteiger partial charge in [-0.3, -0.25) is 9.59 Å². The molecule has 0 radical (unpaired) electrons. The molecule has 2 aromatic carbocycles. The Kier molecular flexibility index (Phi) is 10.7. The minimum atomic E-state index is -0.617. The number of aliphatic hydroxyl groups excluding tert-OH is 1. The number of hydrogen-bond donors (Lipinski definition) is 1. The molecule has 1 atom stereocenters. The van der Waals surface area contributed by atoms with E-state index >= 15 is 0 Å². The zero-order valence-electron chi connectivity index (χ0n) is 21.8. The highest BCUT2D eigenvalue weighted by Crippen LogP contribution is 2.39. The summed E-state index contributed by atoms with van der Waals surface area (Å²) in [4.78, 5) is 30.6. The van der Waals surface area contributed by atoms with Gasteiger partial charge in [-0.2, -0.15) is 0 Å². The van der Waals surface area contributed by atoms with Gasteiger partial charge < -0.3 is 14.9 Å². The lowest BCUT2D eigenvalue weighted by Crippen LogP contribution is -2.34. The van der Waals surface area contributed by atoms with Gasteiger partial charge in [0.2, 0.25) is 0 Å². The van der Waals surface area contributed by atoms with Crippen LogP contribution in [0.1, 0.15) is 75.6 Å². The number of hydrogen-bond acceptors (Lipinski definition) is 4. The van der Waals surface area contributed by atoms with Gasteiger partial charge >= 0.3 is 0 Å². The molecule has 194 valence electrons. The Morgan fingerprint density at radius 3 is 2.03 bits per heavy atom. The zero-order chi connectivity index (χ0) is 26.1. The predicted molar refractivity (Wildman–Crippen MR) is 150 cm³/mol. The van der Waals surface area contributed by atoms with Crippen LogP contribution in [-0.2, 0) is 16.0 Å². The van der Waals surface area contributed by atoms with Crippen LogP contribution in [-0.4, -0.2) is 52.8 Å². The molecule has 0 bridgehead atoms. The van der Waals surface area contributed by atoms with Gasteiger partial charge in [0, 0.05) is 16.6 Å². The Morgan fingerprint density at radius 1 is 0.889 bits per heavy atom. The molecule has 36 heavy (non-hydrogen) atoms. The molecule has 6 heteroatoms. The number of Topliss-reactive ketones (excluding diaryl/α,β-unsaturated/α-hetero) is 1. The molecule has 1 heterocycles. The average Bonchev–Trinajstić information content (AvgIpc) is 3.15. The summed E-state index contributed by atoms with van der Waals surface area (Å²) in [5.41, 5.74) is 2.72. The van der Waals surface area contributed by atoms with Crippen LogP contribution in [0.4, 0.5) is 0 Å². The van der Waals surface area contributed by atoms with Gasteiger partial charge in [-0.25, -0.2) is 0 Å². The van der Waals surface area contributed by atoms with Crippen molar-refractivity contribution in [3.63, 3.8) is 0 Å². The summed E-state index contributed by atoms with van der Waals surface area (Å²) < 4.78 is 0.877. The minimum absolute atomic E-state index is 0.125. The Bertz CT molecular complexity index is 1040. The van der Waals surface area contributed by atoms with Crippen LogP contribution >= 0.6 is 15.9 Å². The van der Waals surface area contributed by atoms with E-state index in [0.717, 1.165) is 68.2 Å². The second kappa shape index (κ2) is 13.8. The maximum Gasteiger partial charge on any atom is 0.295 e. The number of unbranched alkanes of at least 4 members (excludes halogenated alkanes) is 2. The van der Waals surface area contributed by atoms with Crippen molar-refractivity contribution in [1.29, 1.82) is 0 Å². The van der Waals surface area contributed by atoms with E-state index < -0.39 is 17.7 Å². The number of carbonyl (C=O) groups is 2. The zero-order valence-corrected chi connectivity index (χ0v) is 23.4. The monoisotopic (exact) mass is 554 g/mol. The molecule has 0 unspecified atom stereocenters. The third kappa shape index (κ3) is 6.86. The van der Waals surface area contributed by atoms with Crippen LogP contribution in [0.15, 0.2) is 58.6 Å². The van der Waals surface area contributed by atoms with E-state index in [9.17, 15) is 14.7 Å². The number of carbonyl (C=O) groups excluding carboxylic acids is 2. The second-order valence-electron chi connectivity index (χ2n) is 9.50. The first-order chi connectivity index (χ1) is 17.4. The molecule has 1 aliphatic heterocycles. The molecule has 1 amide bonds. The Labute approximate surface area is 224 Å². The maximum absolute atomic E-state index is 13.3. The fourth-order valence-corrected chi connectivity index (χ4v) is 4.98. The third-order valence-electron chi connectivity index (χ3n) is 6.89. The van der Waals surface area contributed by atoms with Crippen molar-refractivity contribution in [2.45, 2.75) is 65.3 Å². The maximum atomic E-state index is 13.3. The molecule has 1 N–H and O–H groups in total. The van der Waals surface area contributed by atoms with Gasteiger partial charge in [-0.1, -0.05) is 85.9 Å². The first-order valence-electron chi connectivity index (χ1n) is 13.3. The summed E-state index contributed by atoms with van der Waals surface area (Å²) in [5, 5.41) is 11.2. The molecule has 3 rings (SSSR count). The van der Waals surface area contributed by atoms with Crippen LogP contribution in [0.5, 0.6) is 0 Å². The van der Waals surface area contributed by atoms with Gasteiger partial charge in [0.1, 0.15) is 5.76 Å². The van der Waals surface area contributed by atoms with Gasteiger partial charge in [0.15, 0.2) is 0 Å². The van der Waals surface area contributed by atoms with E-state index in [1.807, 2.05) is 36.4 Å². The SMILES string of the molecule is CCCCN(CCCC)CCCN1C(=O)C(=O)C(=C(O)c2ccc(Br)cc2)[C@H]1c1ccc(CC)cc1. The standard InChI is InChI=1S/C30H39BrN2O3/c1-4-7-18-32(19-8-5-2)20-9-21-33-27(23-12-10-22(6-3)11-13-23)26(29(35)30(33)36)28(34)24-14-16-25(31)17-15-24/h10-17,27,34H,4-9,18-21H2,1-3H3/t27-/m1/s1. The topological polar surface area (TPSA) is 60.9 Å². The first kappa shape index (κ1) is 28.1. The number of ketones is 1. The molecule has 0 saturated carbocycles. The largest absolute Gasteiger partial charge is 0.507 e. The summed E-state index contributed by atoms with van der Waals surface area (Å²) in [6.07, 6.45) is 6.31. The van der Waals surface area contributed by atoms with E-state index in [2.05, 4.69) is 41.6 Å². The Hall–Kier alpha value is -2.44. The van der Waals surface area contributed by atoms with Crippen LogP contribution in [0.2, 0.25) is 0 Å². The van der Waals surface area contributed by atoms with Gasteiger partial charge in [-0.15, -0.1) is 0 Å². The predicted octanol–water partition coefficient (Wildman–Crippen LogP) is 6.73. The number of likely N-dealkylation sites (tertiary alicyclic amines) is 1. The Morgan fingerprint density at radius 2 is 1.47 bits per heavy atom. The molecule has 1 saturated heterocycles. The van der Waals surface area contributed by atoms with Crippen molar-refractivity contribution in [2.75, 3.05) is 26.2 Å². The quantitative estimate of drug-likeness (QED) is 0.169. The summed E-state index contributed by atoms with van der Waals surface area (Å²) in [6, 6.07) is 14.6. The van der Waals surface area contributed by atoms with Crippen molar-refractivity contribution >= 4 is 33.4 Å². The molecule has 1 fully saturated rings. The van der Waals surface area contributed by atoms with Crippen LogP contribution in [0, 0.1) is 0 Å². The molecular formula is C30H39BrN2O3. The van der Waals surface area contributed by atoms with E-state index in [1.54, 1.807) is 17.0 Å². The summed E-state index contributed by atoms with van der Waals surface area (Å²) in [7, 11) is 0. The number of amides is 1. The van der Waals surface area contributed by atoms with Crippen LogP contribution < -0.4 is 0 Å². The van der Waals surface area contributed by atoms with Gasteiger partial charge in [0.05, 0.1) is 11.6 Å². The van der Waals surface area contributed by atoms with E-state index in [4.69, 9.17) is 0 Å². The number of benzene rings is 2. The fourth-order valence-electron chi connectivity index (χ4n) is 4.72. The highest BCUT2D eigenvalue weighted by atomic mass is 79.9. The van der Waals surface area contributed by atoms with Gasteiger partial charge in [0.25, 0.3) is 11.7 Å². The lowest BCUT2D eigenvalue weighted by atomic mass is 9.94. The second-order valence-corrected chi connectivity index (χ2v) is 10.4. The lowest BCUT2D eigenvalue weighted by Gasteiger charge is -2.27. The van der Waals surface area contributed by atoms with E-state index in [0.29, 0.717) is 12.1 Å². The molecule has 2 aromatic rings. The van der Waals surface area contributed by atoms with Crippen molar-refractivity contribution in [3.8, 4) is 0 Å². The number of halogens is 1. The highest BCUT2D eigenvalue weighted by molar-refractivity contribution is 9.10. The van der Waals surface area contributed by atoms with E-state index in [-0.39, 0.29) is 11.3 Å². The van der Waals surface area contributed by atoms with Crippen molar-refractivity contribution in [1.82, 2.24) is 9.80 Å². The number of rotatable bonds is 13. The molecule has 1 aliphatic rings. The molecule has 0 spiro atoms. The molecule has 0 aliphatic carbocycles. The number of nitrogens with zero attached hydrogens (tertiary/aromatic N) is 2. The summed E-state index contributed by atoms with van der Waals surface area (Å²) >= 11 is 3.41. The molecule has 5 nitrogen and oxygen atoms in total. The minimum Gasteiger partial charge on any atom is -0.507 e. The highest BCUT2D eigenvalue weighted by Gasteiger charge is 2.45. The van der Waals surface area contributed by atoms with Crippen molar-refractivity contribution in [3.05, 3.63) is 75.3 Å².